The van der Waals surface area contributed by atoms with Crippen LogP contribution in [0.5, 0.6) is 0 Å². The molecule has 0 aliphatic rings. The molecule has 0 unspecified atom stereocenters. The Morgan fingerprint density at radius 2 is 1.93 bits per heavy atom. The van der Waals surface area contributed by atoms with Crippen LogP contribution in [0.1, 0.15) is 5.56 Å². The van der Waals surface area contributed by atoms with Crippen molar-refractivity contribution >= 4 is 23.4 Å². The molecule has 2 aromatic heterocycles. The number of H-pyrrole nitrogens is 1. The zero-order valence-corrected chi connectivity index (χ0v) is 14.2. The van der Waals surface area contributed by atoms with Gasteiger partial charge in [-0.3, -0.25) is 4.79 Å². The number of hydrogen-bond donors (Lipinski definition) is 2. The van der Waals surface area contributed by atoms with E-state index >= 15 is 0 Å². The summed E-state index contributed by atoms with van der Waals surface area (Å²) in [4.78, 5) is 27.1. The number of aromatic nitrogens is 5. The first-order valence-corrected chi connectivity index (χ1v) is 8.38. The van der Waals surface area contributed by atoms with Gasteiger partial charge in [0.15, 0.2) is 0 Å². The number of amides is 1. The molecule has 0 spiro atoms. The summed E-state index contributed by atoms with van der Waals surface area (Å²) in [6.45, 7) is 0. The first kappa shape index (κ1) is 18.6. The van der Waals surface area contributed by atoms with Gasteiger partial charge in [0.1, 0.15) is 0 Å². The number of hydrogen-bond acceptors (Lipinski definition) is 6. The molecule has 27 heavy (non-hydrogen) atoms. The minimum Gasteiger partial charge on any atom is -0.325 e. The van der Waals surface area contributed by atoms with Gasteiger partial charge in [-0.25, -0.2) is 14.9 Å². The van der Waals surface area contributed by atoms with E-state index in [1.54, 1.807) is 24.3 Å². The number of rotatable bonds is 5. The lowest BCUT2D eigenvalue weighted by Crippen LogP contribution is -2.16. The molecule has 1 aromatic carbocycles. The molecule has 12 heteroatoms. The van der Waals surface area contributed by atoms with Gasteiger partial charge in [-0.1, -0.05) is 11.8 Å². The third kappa shape index (κ3) is 4.73. The van der Waals surface area contributed by atoms with Crippen LogP contribution in [0, 0.1) is 0 Å². The molecule has 0 bridgehead atoms. The summed E-state index contributed by atoms with van der Waals surface area (Å²) in [6.07, 6.45) is -3.72. The van der Waals surface area contributed by atoms with Crippen molar-refractivity contribution in [1.29, 1.82) is 0 Å². The Bertz CT molecular complexity index is 982. The second kappa shape index (κ2) is 7.61. The standard InChI is InChI=1S/C15H11F3N6O2S/c16-15(17,18)9-1-6-13(19-7-9)27-8-12(25)20-10-2-4-11(5-3-10)24-14(26)21-22-23-24/h1-7H,8H2,(H,20,25)(H,21,23,26). The number of pyridine rings is 1. The number of anilines is 1. The predicted molar refractivity (Wildman–Crippen MR) is 90.6 cm³/mol. The molecular weight excluding hydrogens is 385 g/mol. The van der Waals surface area contributed by atoms with E-state index in [4.69, 9.17) is 0 Å². The highest BCUT2D eigenvalue weighted by Gasteiger charge is 2.30. The highest BCUT2D eigenvalue weighted by atomic mass is 32.2. The van der Waals surface area contributed by atoms with Crippen LogP contribution < -0.4 is 11.0 Å². The van der Waals surface area contributed by atoms with E-state index in [0.29, 0.717) is 16.4 Å². The number of aromatic amines is 1. The van der Waals surface area contributed by atoms with Crippen LogP contribution in [0.25, 0.3) is 5.69 Å². The van der Waals surface area contributed by atoms with Crippen molar-refractivity contribution in [2.75, 3.05) is 11.1 Å². The molecule has 8 nitrogen and oxygen atoms in total. The van der Waals surface area contributed by atoms with E-state index in [2.05, 4.69) is 25.8 Å². The molecule has 0 radical (unpaired) electrons. The van der Waals surface area contributed by atoms with Gasteiger partial charge in [0.05, 0.1) is 22.0 Å². The summed E-state index contributed by atoms with van der Waals surface area (Å²) in [5.41, 5.74) is -0.383. The summed E-state index contributed by atoms with van der Waals surface area (Å²) in [7, 11) is 0. The Labute approximate surface area is 153 Å². The van der Waals surface area contributed by atoms with Crippen molar-refractivity contribution in [1.82, 2.24) is 25.2 Å². The fourth-order valence-electron chi connectivity index (χ4n) is 2.02. The lowest BCUT2D eigenvalue weighted by molar-refractivity contribution is -0.137. The maximum Gasteiger partial charge on any atom is 0.417 e. The van der Waals surface area contributed by atoms with E-state index in [-0.39, 0.29) is 11.7 Å². The second-order valence-electron chi connectivity index (χ2n) is 5.18. The van der Waals surface area contributed by atoms with Crippen molar-refractivity contribution in [2.45, 2.75) is 11.2 Å². The summed E-state index contributed by atoms with van der Waals surface area (Å²) in [5, 5.41) is 12.1. The van der Waals surface area contributed by atoms with Crippen LogP contribution in [-0.4, -0.2) is 36.9 Å². The predicted octanol–water partition coefficient (Wildman–Crippen LogP) is 2.10. The lowest BCUT2D eigenvalue weighted by atomic mass is 10.3. The first-order valence-electron chi connectivity index (χ1n) is 7.39. The van der Waals surface area contributed by atoms with Gasteiger partial charge in [0, 0.05) is 11.9 Å². The molecule has 0 aliphatic heterocycles. The normalized spacial score (nSPS) is 11.4. The average molecular weight is 396 g/mol. The van der Waals surface area contributed by atoms with Crippen LogP contribution in [-0.2, 0) is 11.0 Å². The molecule has 2 heterocycles. The first-order chi connectivity index (χ1) is 12.8. The molecule has 3 aromatic rings. The Morgan fingerprint density at radius 3 is 2.48 bits per heavy atom. The van der Waals surface area contributed by atoms with E-state index < -0.39 is 17.4 Å². The highest BCUT2D eigenvalue weighted by Crippen LogP contribution is 2.29. The van der Waals surface area contributed by atoms with Crippen LogP contribution >= 0.6 is 11.8 Å². The third-order valence-corrected chi connectivity index (χ3v) is 4.23. The zero-order valence-electron chi connectivity index (χ0n) is 13.4. The van der Waals surface area contributed by atoms with Crippen LogP contribution in [0.15, 0.2) is 52.4 Å². The monoisotopic (exact) mass is 396 g/mol. The average Bonchev–Trinajstić information content (AvgIpc) is 3.06. The van der Waals surface area contributed by atoms with E-state index in [1.165, 1.54) is 6.07 Å². The molecule has 0 saturated heterocycles. The van der Waals surface area contributed by atoms with Crippen LogP contribution in [0.2, 0.25) is 0 Å². The number of nitrogens with zero attached hydrogens (tertiary/aromatic N) is 4. The minimum atomic E-state index is -4.45. The number of halogens is 3. The molecule has 2 N–H and O–H groups in total. The van der Waals surface area contributed by atoms with Gasteiger partial charge in [-0.05, 0) is 46.8 Å². The van der Waals surface area contributed by atoms with Crippen molar-refractivity contribution in [2.24, 2.45) is 0 Å². The van der Waals surface area contributed by atoms with E-state index in [0.717, 1.165) is 28.7 Å². The smallest absolute Gasteiger partial charge is 0.325 e. The van der Waals surface area contributed by atoms with Crippen molar-refractivity contribution in [3.8, 4) is 5.69 Å². The number of tetrazole rings is 1. The molecule has 0 atom stereocenters. The number of nitrogens with one attached hydrogen (secondary N) is 2. The topological polar surface area (TPSA) is 106 Å². The Kier molecular flexibility index (Phi) is 5.26. The molecule has 140 valence electrons. The largest absolute Gasteiger partial charge is 0.417 e. The van der Waals surface area contributed by atoms with Crippen molar-refractivity contribution in [3.63, 3.8) is 0 Å². The Hall–Kier alpha value is -3.15. The third-order valence-electron chi connectivity index (χ3n) is 3.28. The van der Waals surface area contributed by atoms with Crippen LogP contribution in [0.3, 0.4) is 0 Å². The Balaban J connectivity index is 1.55. The molecule has 0 aliphatic carbocycles. The van der Waals surface area contributed by atoms with Gasteiger partial charge < -0.3 is 5.32 Å². The van der Waals surface area contributed by atoms with Crippen molar-refractivity contribution < 1.29 is 18.0 Å². The number of carbonyl (C=O) groups excluding carboxylic acids is 1. The summed E-state index contributed by atoms with van der Waals surface area (Å²) >= 11 is 1.01. The quantitative estimate of drug-likeness (QED) is 0.640. The maximum absolute atomic E-state index is 12.5. The van der Waals surface area contributed by atoms with E-state index in [1.807, 2.05) is 0 Å². The van der Waals surface area contributed by atoms with Crippen LogP contribution in [0.4, 0.5) is 18.9 Å². The van der Waals surface area contributed by atoms with E-state index in [9.17, 15) is 22.8 Å². The van der Waals surface area contributed by atoms with Crippen molar-refractivity contribution in [3.05, 3.63) is 58.6 Å². The maximum atomic E-state index is 12.5. The number of thioether (sulfide) groups is 1. The minimum absolute atomic E-state index is 0.0249. The second-order valence-corrected chi connectivity index (χ2v) is 6.18. The van der Waals surface area contributed by atoms with Gasteiger partial charge >= 0.3 is 11.9 Å². The zero-order chi connectivity index (χ0) is 19.4. The van der Waals surface area contributed by atoms with Gasteiger partial charge in [-0.2, -0.15) is 17.9 Å². The fraction of sp³-hybridized carbons (Fsp3) is 0.133. The summed E-state index contributed by atoms with van der Waals surface area (Å²) < 4.78 is 38.5. The molecule has 0 saturated carbocycles. The van der Waals surface area contributed by atoms with Gasteiger partial charge in [0.25, 0.3) is 0 Å². The fourth-order valence-corrected chi connectivity index (χ4v) is 2.67. The van der Waals surface area contributed by atoms with Gasteiger partial charge in [-0.15, -0.1) is 0 Å². The highest BCUT2D eigenvalue weighted by molar-refractivity contribution is 7.99. The summed E-state index contributed by atoms with van der Waals surface area (Å²) in [5.74, 6) is -0.379. The number of carbonyl (C=O) groups is 1. The molecule has 3 rings (SSSR count). The molecule has 0 fully saturated rings. The summed E-state index contributed by atoms with van der Waals surface area (Å²) in [6, 6.07) is 8.43. The molecular formula is C15H11F3N6O2S. The number of alkyl halides is 3. The van der Waals surface area contributed by atoms with Gasteiger partial charge in [0.2, 0.25) is 5.91 Å². The Morgan fingerprint density at radius 1 is 1.19 bits per heavy atom. The molecule has 1 amide bonds. The number of benzene rings is 1. The SMILES string of the molecule is O=C(CSc1ccc(C(F)(F)F)cn1)Nc1ccc(-n2nn[nH]c2=O)cc1. The lowest BCUT2D eigenvalue weighted by Gasteiger charge is -2.07.